The van der Waals surface area contributed by atoms with Gasteiger partial charge in [-0.05, 0) is 20.3 Å². The van der Waals surface area contributed by atoms with E-state index in [0.717, 1.165) is 18.8 Å². The molecule has 0 aromatic carbocycles. The first-order valence-electron chi connectivity index (χ1n) is 5.61. The zero-order valence-electron chi connectivity index (χ0n) is 10.5. The van der Waals surface area contributed by atoms with E-state index < -0.39 is 11.7 Å². The van der Waals surface area contributed by atoms with Gasteiger partial charge in [0.25, 0.3) is 0 Å². The molecule has 0 saturated heterocycles. The largest absolute Gasteiger partial charge is 0.390 e. The van der Waals surface area contributed by atoms with E-state index in [-0.39, 0.29) is 0 Å². The van der Waals surface area contributed by atoms with E-state index in [9.17, 15) is 5.11 Å². The minimum absolute atomic E-state index is 0.459. The summed E-state index contributed by atoms with van der Waals surface area (Å²) in [6, 6.07) is 0. The van der Waals surface area contributed by atoms with Gasteiger partial charge in [-0.15, -0.1) is 0 Å². The average Bonchev–Trinajstić information content (AvgIpc) is 2.66. The second kappa shape index (κ2) is 5.41. The van der Waals surface area contributed by atoms with Crippen molar-refractivity contribution in [3.8, 4) is 0 Å². The highest BCUT2D eigenvalue weighted by molar-refractivity contribution is 4.92. The minimum Gasteiger partial charge on any atom is -0.390 e. The van der Waals surface area contributed by atoms with E-state index in [1.54, 1.807) is 7.11 Å². The number of aryl methyl sites for hydroxylation is 1. The highest BCUT2D eigenvalue weighted by atomic mass is 16.5. The van der Waals surface area contributed by atoms with Gasteiger partial charge in [0, 0.05) is 20.1 Å². The summed E-state index contributed by atoms with van der Waals surface area (Å²) in [5.41, 5.74) is -0.566. The van der Waals surface area contributed by atoms with Crippen molar-refractivity contribution >= 4 is 0 Å². The lowest BCUT2D eigenvalue weighted by atomic mass is 9.98. The second-order valence-electron chi connectivity index (χ2n) is 4.43. The smallest absolute Gasteiger partial charge is 0.138 e. The molecule has 5 nitrogen and oxygen atoms in total. The molecule has 0 radical (unpaired) electrons. The number of aromatic nitrogens is 3. The minimum atomic E-state index is -0.586. The fourth-order valence-electron chi connectivity index (χ4n) is 1.40. The number of nitrogens with zero attached hydrogens (tertiary/aromatic N) is 3. The number of aliphatic hydroxyl groups is 1. The van der Waals surface area contributed by atoms with Gasteiger partial charge in [-0.25, -0.2) is 4.98 Å². The Hall–Kier alpha value is -0.940. The predicted octanol–water partition coefficient (Wildman–Crippen LogP) is 1.02. The Labute approximate surface area is 96.5 Å². The van der Waals surface area contributed by atoms with Crippen molar-refractivity contribution in [2.45, 2.75) is 51.9 Å². The molecule has 5 heteroatoms. The fraction of sp³-hybridized carbons (Fsp3) is 0.818. The Balaban J connectivity index is 2.69. The van der Waals surface area contributed by atoms with Gasteiger partial charge in [-0.3, -0.25) is 4.68 Å². The van der Waals surface area contributed by atoms with Gasteiger partial charge >= 0.3 is 0 Å². The van der Waals surface area contributed by atoms with Crippen molar-refractivity contribution in [3.63, 3.8) is 0 Å². The van der Waals surface area contributed by atoms with Crippen LogP contribution < -0.4 is 0 Å². The van der Waals surface area contributed by atoms with Gasteiger partial charge in [0.15, 0.2) is 0 Å². The average molecular weight is 227 g/mol. The predicted molar refractivity (Wildman–Crippen MR) is 61.1 cm³/mol. The van der Waals surface area contributed by atoms with E-state index in [2.05, 4.69) is 17.0 Å². The topological polar surface area (TPSA) is 60.2 Å². The third-order valence-electron chi connectivity index (χ3n) is 2.84. The van der Waals surface area contributed by atoms with Crippen LogP contribution in [0, 0.1) is 0 Å². The van der Waals surface area contributed by atoms with E-state index >= 15 is 0 Å². The first-order chi connectivity index (χ1) is 7.51. The quantitative estimate of drug-likeness (QED) is 0.788. The summed E-state index contributed by atoms with van der Waals surface area (Å²) in [5.74, 6) is 0.805. The first-order valence-corrected chi connectivity index (χ1v) is 5.61. The number of ether oxygens (including phenoxy) is 1. The van der Waals surface area contributed by atoms with Crippen molar-refractivity contribution in [1.29, 1.82) is 0 Å². The molecule has 16 heavy (non-hydrogen) atoms. The zero-order chi connectivity index (χ0) is 12.2. The lowest BCUT2D eigenvalue weighted by Crippen LogP contribution is -2.40. The fourth-order valence-corrected chi connectivity index (χ4v) is 1.40. The maximum atomic E-state index is 10.0. The van der Waals surface area contributed by atoms with Crippen LogP contribution in [-0.2, 0) is 17.7 Å². The van der Waals surface area contributed by atoms with Crippen LogP contribution in [0.4, 0.5) is 0 Å². The van der Waals surface area contributed by atoms with Crippen LogP contribution in [0.1, 0.15) is 33.0 Å². The third-order valence-corrected chi connectivity index (χ3v) is 2.84. The summed E-state index contributed by atoms with van der Waals surface area (Å²) in [7, 11) is 1.60. The maximum Gasteiger partial charge on any atom is 0.138 e. The molecule has 1 aromatic heterocycles. The first kappa shape index (κ1) is 13.1. The Bertz CT molecular complexity index is 323. The molecule has 0 bridgehead atoms. The number of rotatable bonds is 6. The van der Waals surface area contributed by atoms with Gasteiger partial charge in [0.05, 0.1) is 11.7 Å². The summed E-state index contributed by atoms with van der Waals surface area (Å²) in [5, 5.41) is 14.2. The second-order valence-corrected chi connectivity index (χ2v) is 4.43. The van der Waals surface area contributed by atoms with Crippen molar-refractivity contribution in [3.05, 3.63) is 12.2 Å². The number of hydrogen-bond donors (Lipinski definition) is 1. The standard InChI is InChI=1S/C11H21N3O2/c1-5-6-14-10(12-8-13-14)7-9(15)11(2,3)16-4/h8-9,15H,5-7H2,1-4H3. The van der Waals surface area contributed by atoms with E-state index in [4.69, 9.17) is 4.74 Å². The van der Waals surface area contributed by atoms with E-state index in [1.807, 2.05) is 18.5 Å². The summed E-state index contributed by atoms with van der Waals surface area (Å²) < 4.78 is 7.07. The molecule has 92 valence electrons. The van der Waals surface area contributed by atoms with Gasteiger partial charge in [0.1, 0.15) is 12.2 Å². The molecule has 0 amide bonds. The molecule has 1 atom stereocenters. The summed E-state index contributed by atoms with van der Waals surface area (Å²) >= 11 is 0. The molecule has 1 heterocycles. The van der Waals surface area contributed by atoms with Crippen molar-refractivity contribution < 1.29 is 9.84 Å². The van der Waals surface area contributed by atoms with Gasteiger partial charge < -0.3 is 9.84 Å². The molecular weight excluding hydrogens is 206 g/mol. The monoisotopic (exact) mass is 227 g/mol. The number of methoxy groups -OCH3 is 1. The molecule has 0 fully saturated rings. The Morgan fingerprint density at radius 1 is 1.56 bits per heavy atom. The lowest BCUT2D eigenvalue weighted by molar-refractivity contribution is -0.0774. The molecule has 0 aliphatic rings. The van der Waals surface area contributed by atoms with Gasteiger partial charge in [-0.2, -0.15) is 5.10 Å². The highest BCUT2D eigenvalue weighted by Gasteiger charge is 2.28. The lowest BCUT2D eigenvalue weighted by Gasteiger charge is -2.28. The van der Waals surface area contributed by atoms with Gasteiger partial charge in [0.2, 0.25) is 0 Å². The highest BCUT2D eigenvalue weighted by Crippen LogP contribution is 2.16. The molecule has 0 spiro atoms. The van der Waals surface area contributed by atoms with E-state index in [0.29, 0.717) is 6.42 Å². The maximum absolute atomic E-state index is 10.0. The molecule has 0 aliphatic heterocycles. The Morgan fingerprint density at radius 2 is 2.25 bits per heavy atom. The normalized spacial score (nSPS) is 14.1. The summed E-state index contributed by atoms with van der Waals surface area (Å²) in [6.07, 6.45) is 2.40. The number of hydrogen-bond acceptors (Lipinski definition) is 4. The number of aliphatic hydroxyl groups excluding tert-OH is 1. The SMILES string of the molecule is CCCn1ncnc1CC(O)C(C)(C)OC. The van der Waals surface area contributed by atoms with Crippen molar-refractivity contribution in [2.75, 3.05) is 7.11 Å². The van der Waals surface area contributed by atoms with E-state index in [1.165, 1.54) is 6.33 Å². The van der Waals surface area contributed by atoms with Crippen LogP contribution in [0.2, 0.25) is 0 Å². The van der Waals surface area contributed by atoms with Crippen LogP contribution in [0.5, 0.6) is 0 Å². The molecule has 0 aliphatic carbocycles. The third kappa shape index (κ3) is 3.02. The zero-order valence-corrected chi connectivity index (χ0v) is 10.5. The van der Waals surface area contributed by atoms with Crippen molar-refractivity contribution in [1.82, 2.24) is 14.8 Å². The molecule has 1 aromatic rings. The molecule has 1 unspecified atom stereocenters. The molecular formula is C11H21N3O2. The van der Waals surface area contributed by atoms with Crippen LogP contribution in [0.25, 0.3) is 0 Å². The van der Waals surface area contributed by atoms with Gasteiger partial charge in [-0.1, -0.05) is 6.92 Å². The van der Waals surface area contributed by atoms with Crippen LogP contribution in [0.3, 0.4) is 0 Å². The molecule has 0 saturated carbocycles. The summed E-state index contributed by atoms with van der Waals surface area (Å²) in [4.78, 5) is 4.16. The summed E-state index contributed by atoms with van der Waals surface area (Å²) in [6.45, 7) is 6.63. The molecule has 1 N–H and O–H groups in total. The van der Waals surface area contributed by atoms with Crippen LogP contribution >= 0.6 is 0 Å². The Morgan fingerprint density at radius 3 is 2.81 bits per heavy atom. The Kier molecular flexibility index (Phi) is 4.44. The molecule has 1 rings (SSSR count). The van der Waals surface area contributed by atoms with Crippen LogP contribution in [0.15, 0.2) is 6.33 Å². The van der Waals surface area contributed by atoms with Crippen LogP contribution in [-0.4, -0.2) is 38.7 Å². The van der Waals surface area contributed by atoms with Crippen molar-refractivity contribution in [2.24, 2.45) is 0 Å².